The summed E-state index contributed by atoms with van der Waals surface area (Å²) in [4.78, 5) is 3.60. The summed E-state index contributed by atoms with van der Waals surface area (Å²) >= 11 is 0. The first-order valence-electron chi connectivity index (χ1n) is 21.6. The summed E-state index contributed by atoms with van der Waals surface area (Å²) in [6, 6.07) is 63.5. The van der Waals surface area contributed by atoms with Crippen molar-refractivity contribution in [3.8, 4) is 62.0 Å². The van der Waals surface area contributed by atoms with Gasteiger partial charge in [0.2, 0.25) is 0 Å². The lowest BCUT2D eigenvalue weighted by atomic mass is 9.93. The van der Waals surface area contributed by atoms with Crippen LogP contribution in [0.2, 0.25) is 0 Å². The molecule has 0 atom stereocenters. The van der Waals surface area contributed by atoms with Crippen molar-refractivity contribution in [3.05, 3.63) is 222 Å². The number of hydrogen-bond acceptors (Lipinski definition) is 1. The Morgan fingerprint density at radius 2 is 0.924 bits per heavy atom. The molecule has 2 aromatic heterocycles. The molecule has 0 saturated heterocycles. The van der Waals surface area contributed by atoms with Gasteiger partial charge in [0.05, 0.1) is 51.6 Å². The molecule has 66 heavy (non-hydrogen) atoms. The predicted molar refractivity (Wildman–Crippen MR) is 262 cm³/mol. The van der Waals surface area contributed by atoms with Crippen molar-refractivity contribution in [2.45, 2.75) is 20.0 Å². The van der Waals surface area contributed by atoms with E-state index in [4.69, 9.17) is 6.57 Å². The number of nitrogens with zero attached hydrogens (tertiary/aromatic N) is 4. The van der Waals surface area contributed by atoms with Crippen LogP contribution in [0, 0.1) is 31.8 Å². The van der Waals surface area contributed by atoms with E-state index in [0.29, 0.717) is 16.7 Å². The molecule has 9 aromatic carbocycles. The molecule has 0 spiro atoms. The molecule has 0 aliphatic rings. The third-order valence-corrected chi connectivity index (χ3v) is 12.9. The number of para-hydroxylation sites is 2. The molecule has 0 saturated carbocycles. The fraction of sp³-hybridized carbons (Fsp3) is 0.0508. The SMILES string of the molecule is [C-]#[N+]c1cc(C(F)(F)F)ccc1-c1ccc(-n2c3ccccc3c3cc(-c4ccccc4C)ccc32)c(-c2cc(C#N)ccc2-n2c3ccccc3c3cc(-c4ccccc4C)ccc32)c1. The van der Waals surface area contributed by atoms with Gasteiger partial charge in [-0.25, -0.2) is 4.85 Å². The third-order valence-electron chi connectivity index (χ3n) is 12.9. The van der Waals surface area contributed by atoms with Gasteiger partial charge in [0.15, 0.2) is 5.69 Å². The van der Waals surface area contributed by atoms with Crippen LogP contribution in [0.1, 0.15) is 22.3 Å². The van der Waals surface area contributed by atoms with Gasteiger partial charge in [-0.15, -0.1) is 0 Å². The highest BCUT2D eigenvalue weighted by atomic mass is 19.4. The van der Waals surface area contributed by atoms with Crippen molar-refractivity contribution >= 4 is 49.3 Å². The maximum atomic E-state index is 14.0. The van der Waals surface area contributed by atoms with Crippen LogP contribution in [0.4, 0.5) is 18.9 Å². The molecule has 11 aromatic rings. The summed E-state index contributed by atoms with van der Waals surface area (Å²) in [5.41, 5.74) is 14.1. The zero-order valence-electron chi connectivity index (χ0n) is 35.8. The average Bonchev–Trinajstić information content (AvgIpc) is 3.85. The van der Waals surface area contributed by atoms with Gasteiger partial charge in [-0.3, -0.25) is 0 Å². The van der Waals surface area contributed by atoms with Gasteiger partial charge in [0, 0.05) is 38.2 Å². The molecular formula is C59H37F3N4. The quantitative estimate of drug-likeness (QED) is 0.154. The lowest BCUT2D eigenvalue weighted by Gasteiger charge is -2.20. The minimum atomic E-state index is -4.61. The van der Waals surface area contributed by atoms with E-state index in [1.165, 1.54) is 17.2 Å². The molecule has 0 amide bonds. The standard InChI is InChI=1S/C59H37F3N4/c1-36-12-4-6-14-43(36)39-21-27-56-49(31-39)46-16-8-10-18-53(46)65(56)55-26-20-38(35-63)30-48(55)51-33-41(45-25-24-42(59(60,61)62)34-52(45)64-3)23-29-58(51)66-54-19-11-9-17-47(54)50-32-40(22-28-57(50)66)44-15-7-5-13-37(44)2/h4-34H,1-2H3. The molecule has 2 heterocycles. The number of rotatable bonds is 6. The number of fused-ring (bicyclic) bond motifs is 6. The summed E-state index contributed by atoms with van der Waals surface area (Å²) in [7, 11) is 0. The van der Waals surface area contributed by atoms with Gasteiger partial charge >= 0.3 is 6.18 Å². The topological polar surface area (TPSA) is 38.0 Å². The molecule has 314 valence electrons. The summed E-state index contributed by atoms with van der Waals surface area (Å²) in [5, 5.41) is 14.7. The maximum absolute atomic E-state index is 14.0. The van der Waals surface area contributed by atoms with E-state index in [0.717, 1.165) is 100 Å². The van der Waals surface area contributed by atoms with Crippen molar-refractivity contribution in [2.75, 3.05) is 0 Å². The fourth-order valence-electron chi connectivity index (χ4n) is 9.77. The van der Waals surface area contributed by atoms with Crippen LogP contribution in [0.15, 0.2) is 188 Å². The Bertz CT molecular complexity index is 3870. The molecule has 0 N–H and O–H groups in total. The first-order valence-corrected chi connectivity index (χ1v) is 21.6. The van der Waals surface area contributed by atoms with E-state index in [1.54, 1.807) is 0 Å². The first kappa shape index (κ1) is 40.1. The van der Waals surface area contributed by atoms with Gasteiger partial charge < -0.3 is 9.13 Å². The Morgan fingerprint density at radius 3 is 1.45 bits per heavy atom. The fourth-order valence-corrected chi connectivity index (χ4v) is 9.77. The number of aryl methyl sites for hydroxylation is 2. The lowest BCUT2D eigenvalue weighted by Crippen LogP contribution is -2.04. The highest BCUT2D eigenvalue weighted by Crippen LogP contribution is 2.45. The minimum Gasteiger partial charge on any atom is -0.309 e. The average molecular weight is 859 g/mol. The van der Waals surface area contributed by atoms with Crippen LogP contribution in [-0.4, -0.2) is 9.13 Å². The Kier molecular flexibility index (Phi) is 9.46. The number of halogens is 3. The number of nitriles is 1. The largest absolute Gasteiger partial charge is 0.415 e. The number of aromatic nitrogens is 2. The molecule has 0 aliphatic heterocycles. The van der Waals surface area contributed by atoms with Crippen LogP contribution in [0.5, 0.6) is 0 Å². The van der Waals surface area contributed by atoms with Crippen LogP contribution in [-0.2, 0) is 6.18 Å². The summed E-state index contributed by atoms with van der Waals surface area (Å²) in [6.07, 6.45) is -4.61. The maximum Gasteiger partial charge on any atom is 0.415 e. The van der Waals surface area contributed by atoms with Gasteiger partial charge in [-0.2, -0.15) is 18.4 Å². The van der Waals surface area contributed by atoms with Crippen LogP contribution < -0.4 is 0 Å². The van der Waals surface area contributed by atoms with Crippen molar-refractivity contribution in [3.63, 3.8) is 0 Å². The van der Waals surface area contributed by atoms with E-state index >= 15 is 0 Å². The predicted octanol–water partition coefficient (Wildman–Crippen LogP) is 16.6. The Hall–Kier alpha value is -8.65. The summed E-state index contributed by atoms with van der Waals surface area (Å²) < 4.78 is 46.5. The second-order valence-corrected chi connectivity index (χ2v) is 16.7. The lowest BCUT2D eigenvalue weighted by molar-refractivity contribution is -0.137. The Morgan fingerprint density at radius 1 is 0.455 bits per heavy atom. The molecule has 0 unspecified atom stereocenters. The Labute approximate surface area is 379 Å². The number of alkyl halides is 3. The van der Waals surface area contributed by atoms with Crippen LogP contribution in [0.3, 0.4) is 0 Å². The number of benzene rings is 9. The summed E-state index contributed by atoms with van der Waals surface area (Å²) in [6.45, 7) is 12.2. The van der Waals surface area contributed by atoms with Gasteiger partial charge in [-0.1, -0.05) is 115 Å². The normalized spacial score (nSPS) is 11.7. The van der Waals surface area contributed by atoms with Crippen molar-refractivity contribution in [1.82, 2.24) is 9.13 Å². The first-order chi connectivity index (χ1) is 32.1. The molecule has 11 rings (SSSR count). The van der Waals surface area contributed by atoms with E-state index in [1.807, 2.05) is 78.9 Å². The Balaban J connectivity index is 1.22. The van der Waals surface area contributed by atoms with Gasteiger partial charge in [0.25, 0.3) is 0 Å². The minimum absolute atomic E-state index is 0.109. The van der Waals surface area contributed by atoms with E-state index in [2.05, 4.69) is 125 Å². The van der Waals surface area contributed by atoms with Crippen LogP contribution >= 0.6 is 0 Å². The molecule has 0 fully saturated rings. The number of hydrogen-bond donors (Lipinski definition) is 0. The van der Waals surface area contributed by atoms with Crippen molar-refractivity contribution in [1.29, 1.82) is 5.26 Å². The molecular weight excluding hydrogens is 822 g/mol. The molecule has 0 radical (unpaired) electrons. The molecule has 7 heteroatoms. The van der Waals surface area contributed by atoms with Crippen molar-refractivity contribution < 1.29 is 13.2 Å². The zero-order chi connectivity index (χ0) is 45.3. The van der Waals surface area contributed by atoms with Crippen molar-refractivity contribution in [2.24, 2.45) is 0 Å². The second kappa shape index (κ2) is 15.6. The highest BCUT2D eigenvalue weighted by Gasteiger charge is 2.31. The van der Waals surface area contributed by atoms with Crippen LogP contribution in [0.25, 0.3) is 104 Å². The van der Waals surface area contributed by atoms with Gasteiger partial charge in [0.1, 0.15) is 0 Å². The van der Waals surface area contributed by atoms with E-state index in [9.17, 15) is 18.4 Å². The highest BCUT2D eigenvalue weighted by molar-refractivity contribution is 6.13. The van der Waals surface area contributed by atoms with E-state index < -0.39 is 11.7 Å². The zero-order valence-corrected chi connectivity index (χ0v) is 35.8. The molecule has 0 aliphatic carbocycles. The monoisotopic (exact) mass is 858 g/mol. The second-order valence-electron chi connectivity index (χ2n) is 16.7. The molecule has 0 bridgehead atoms. The third kappa shape index (κ3) is 6.52. The smallest absolute Gasteiger partial charge is 0.309 e. The molecule has 4 nitrogen and oxygen atoms in total. The van der Waals surface area contributed by atoms with E-state index in [-0.39, 0.29) is 5.69 Å². The van der Waals surface area contributed by atoms with Gasteiger partial charge in [-0.05, 0) is 131 Å². The summed E-state index contributed by atoms with van der Waals surface area (Å²) in [5.74, 6) is 0.